The average molecular weight is 583 g/mol. The van der Waals surface area contributed by atoms with Gasteiger partial charge in [-0.2, -0.15) is 0 Å². The summed E-state index contributed by atoms with van der Waals surface area (Å²) in [4.78, 5) is 40.8. The van der Waals surface area contributed by atoms with Crippen molar-refractivity contribution in [2.24, 2.45) is 15.9 Å². The molecular formula is C31H37F3N6O2. The number of nitrogens with zero attached hydrogens (tertiary/aromatic N) is 5. The second-order valence-corrected chi connectivity index (χ2v) is 10.4. The predicted octanol–water partition coefficient (Wildman–Crippen LogP) is 4.94. The fraction of sp³-hybridized carbons (Fsp3) is 0.387. The van der Waals surface area contributed by atoms with Crippen molar-refractivity contribution in [3.63, 3.8) is 0 Å². The summed E-state index contributed by atoms with van der Waals surface area (Å²) in [5, 5.41) is 2.66. The number of carbonyl (C=O) groups is 2. The number of dihydropyridines is 1. The van der Waals surface area contributed by atoms with Gasteiger partial charge in [-0.15, -0.1) is 6.58 Å². The summed E-state index contributed by atoms with van der Waals surface area (Å²) in [5.74, 6) is -2.35. The van der Waals surface area contributed by atoms with Crippen LogP contribution in [0.1, 0.15) is 39.7 Å². The van der Waals surface area contributed by atoms with E-state index in [0.717, 1.165) is 23.8 Å². The van der Waals surface area contributed by atoms with E-state index in [2.05, 4.69) is 26.9 Å². The molecule has 0 saturated carbocycles. The van der Waals surface area contributed by atoms with E-state index < -0.39 is 23.5 Å². The lowest BCUT2D eigenvalue weighted by Crippen LogP contribution is -2.49. The van der Waals surface area contributed by atoms with Gasteiger partial charge in [0.25, 0.3) is 0 Å². The normalized spacial score (nSPS) is 17.5. The second-order valence-electron chi connectivity index (χ2n) is 10.4. The molecule has 42 heavy (non-hydrogen) atoms. The number of benzene rings is 1. The molecule has 2 amide bonds. The third-order valence-electron chi connectivity index (χ3n) is 7.20. The topological polar surface area (TPSA) is 90.3 Å². The summed E-state index contributed by atoms with van der Waals surface area (Å²) in [5.41, 5.74) is 0.359. The van der Waals surface area contributed by atoms with Crippen LogP contribution in [0.5, 0.6) is 0 Å². The van der Waals surface area contributed by atoms with Gasteiger partial charge in [0.05, 0.1) is 17.6 Å². The number of amides is 2. The Labute approximate surface area is 244 Å². The van der Waals surface area contributed by atoms with E-state index in [0.29, 0.717) is 37.7 Å². The van der Waals surface area contributed by atoms with E-state index >= 15 is 4.39 Å². The van der Waals surface area contributed by atoms with E-state index in [9.17, 15) is 18.4 Å². The molecular weight excluding hydrogens is 545 g/mol. The molecule has 8 nitrogen and oxygen atoms in total. The largest absolute Gasteiger partial charge is 0.357 e. The van der Waals surface area contributed by atoms with Crippen LogP contribution in [0.3, 0.4) is 0 Å². The van der Waals surface area contributed by atoms with Crippen molar-refractivity contribution in [2.75, 3.05) is 25.0 Å². The van der Waals surface area contributed by atoms with Crippen molar-refractivity contribution < 1.29 is 22.8 Å². The second kappa shape index (κ2) is 14.6. The van der Waals surface area contributed by atoms with Crippen LogP contribution in [-0.2, 0) is 9.59 Å². The molecule has 1 aliphatic heterocycles. The highest BCUT2D eigenvalue weighted by molar-refractivity contribution is 6.05. The smallest absolute Gasteiger partial charge is 0.215 e. The first-order valence-electron chi connectivity index (χ1n) is 13.7. The first kappa shape index (κ1) is 32.2. The van der Waals surface area contributed by atoms with E-state index in [4.69, 9.17) is 0 Å². The number of amidine groups is 1. The van der Waals surface area contributed by atoms with Crippen LogP contribution < -0.4 is 10.2 Å². The maximum atomic E-state index is 15.9. The summed E-state index contributed by atoms with van der Waals surface area (Å²) in [6, 6.07) is 2.71. The fourth-order valence-corrected chi connectivity index (χ4v) is 5.09. The Balaban J connectivity index is 2.34. The number of allylic oxidation sites excluding steroid dienone is 1. The molecule has 0 aliphatic carbocycles. The number of hydrogen-bond donors (Lipinski definition) is 1. The van der Waals surface area contributed by atoms with Gasteiger partial charge in [-0.1, -0.05) is 19.9 Å². The van der Waals surface area contributed by atoms with Gasteiger partial charge >= 0.3 is 0 Å². The van der Waals surface area contributed by atoms with Gasteiger partial charge in [-0.3, -0.25) is 24.5 Å². The summed E-state index contributed by atoms with van der Waals surface area (Å²) in [6.45, 7) is 12.2. The Morgan fingerprint density at radius 2 is 1.90 bits per heavy atom. The van der Waals surface area contributed by atoms with E-state index in [1.165, 1.54) is 11.9 Å². The van der Waals surface area contributed by atoms with Gasteiger partial charge in [-0.25, -0.2) is 18.2 Å². The minimum absolute atomic E-state index is 0.0214. The van der Waals surface area contributed by atoms with Crippen LogP contribution >= 0.6 is 0 Å². The summed E-state index contributed by atoms with van der Waals surface area (Å²) in [7, 11) is 1.53. The molecule has 1 aliphatic rings. The zero-order valence-corrected chi connectivity index (χ0v) is 24.5. The minimum Gasteiger partial charge on any atom is -0.357 e. The molecule has 3 rings (SSSR count). The molecule has 11 heteroatoms. The van der Waals surface area contributed by atoms with Crippen LogP contribution in [0.4, 0.5) is 19.0 Å². The highest BCUT2D eigenvalue weighted by atomic mass is 19.1. The highest BCUT2D eigenvalue weighted by Gasteiger charge is 2.36. The SMILES string of the molecule is C=CCCN(C(=NC)c1cc(F)c(-c2ccc(F)cc2F)nc1N(C=O)C1C(C)=CC=NC1C(C)C)C(C)CNC=O. The van der Waals surface area contributed by atoms with Crippen molar-refractivity contribution in [3.05, 3.63) is 71.6 Å². The number of anilines is 1. The lowest BCUT2D eigenvalue weighted by atomic mass is 9.89. The molecule has 1 aromatic heterocycles. The molecule has 3 atom stereocenters. The van der Waals surface area contributed by atoms with Gasteiger partial charge in [0.2, 0.25) is 12.8 Å². The van der Waals surface area contributed by atoms with Crippen LogP contribution in [0.15, 0.2) is 58.6 Å². The van der Waals surface area contributed by atoms with E-state index in [-0.39, 0.29) is 47.2 Å². The summed E-state index contributed by atoms with van der Waals surface area (Å²) >= 11 is 0. The van der Waals surface area contributed by atoms with Gasteiger partial charge in [0.1, 0.15) is 34.8 Å². The van der Waals surface area contributed by atoms with Crippen molar-refractivity contribution in [3.8, 4) is 11.3 Å². The number of carbonyl (C=O) groups excluding carboxylic acids is 2. The van der Waals surface area contributed by atoms with Crippen molar-refractivity contribution >= 4 is 30.7 Å². The Morgan fingerprint density at radius 1 is 1.17 bits per heavy atom. The van der Waals surface area contributed by atoms with Crippen LogP contribution in [0.25, 0.3) is 11.3 Å². The van der Waals surface area contributed by atoms with Crippen LogP contribution in [-0.4, -0.2) is 73.0 Å². The fourth-order valence-electron chi connectivity index (χ4n) is 5.09. The lowest BCUT2D eigenvalue weighted by Gasteiger charge is -2.38. The van der Waals surface area contributed by atoms with E-state index in [1.54, 1.807) is 18.4 Å². The maximum absolute atomic E-state index is 15.9. The van der Waals surface area contributed by atoms with Crippen molar-refractivity contribution in [1.82, 2.24) is 15.2 Å². The summed E-state index contributed by atoms with van der Waals surface area (Å²) in [6.07, 6.45) is 6.94. The standard InChI is InChI=1S/C31H37F3N6O2/c1-7-8-13-39(21(5)16-36-17-41)30(35-6)24-15-26(34)28(23-10-9-22(32)14-25(23)33)38-31(24)40(18-42)29-20(4)11-12-37-27(29)19(2)3/h7,9-12,14-15,17-19,21,27,29H,1,8,13,16H2,2-6H3,(H,36,41). The Kier molecular flexibility index (Phi) is 11.2. The number of pyridine rings is 1. The van der Waals surface area contributed by atoms with Crippen LogP contribution in [0, 0.1) is 23.4 Å². The number of hydrogen-bond acceptors (Lipinski definition) is 5. The monoisotopic (exact) mass is 582 g/mol. The third kappa shape index (κ3) is 6.95. The van der Waals surface area contributed by atoms with Gasteiger partial charge in [0, 0.05) is 44.0 Å². The molecule has 3 unspecified atom stereocenters. The molecule has 0 saturated heterocycles. The zero-order valence-electron chi connectivity index (χ0n) is 24.5. The minimum atomic E-state index is -0.998. The summed E-state index contributed by atoms with van der Waals surface area (Å²) < 4.78 is 44.5. The van der Waals surface area contributed by atoms with Crippen molar-refractivity contribution in [1.29, 1.82) is 0 Å². The number of rotatable bonds is 13. The average Bonchev–Trinajstić information content (AvgIpc) is 2.96. The lowest BCUT2D eigenvalue weighted by molar-refractivity contribution is -0.110. The molecule has 1 N–H and O–H groups in total. The van der Waals surface area contributed by atoms with Gasteiger partial charge < -0.3 is 10.2 Å². The quantitative estimate of drug-likeness (QED) is 0.157. The Morgan fingerprint density at radius 3 is 2.50 bits per heavy atom. The number of aliphatic imine (C=N–C) groups is 2. The predicted molar refractivity (Wildman–Crippen MR) is 160 cm³/mol. The Bertz CT molecular complexity index is 1390. The first-order chi connectivity index (χ1) is 20.1. The molecule has 2 heterocycles. The molecule has 0 fully saturated rings. The maximum Gasteiger partial charge on any atom is 0.215 e. The molecule has 224 valence electrons. The highest BCUT2D eigenvalue weighted by Crippen LogP contribution is 2.34. The molecule has 0 spiro atoms. The van der Waals surface area contributed by atoms with Gasteiger partial charge in [-0.05, 0) is 56.0 Å². The molecule has 2 aromatic rings. The number of nitrogens with one attached hydrogen (secondary N) is 1. The first-order valence-corrected chi connectivity index (χ1v) is 13.7. The molecule has 1 aromatic carbocycles. The third-order valence-corrected chi connectivity index (χ3v) is 7.20. The Hall–Kier alpha value is -4.28. The van der Waals surface area contributed by atoms with Crippen LogP contribution in [0.2, 0.25) is 0 Å². The van der Waals surface area contributed by atoms with Crippen molar-refractivity contribution in [2.45, 2.75) is 52.2 Å². The van der Waals surface area contributed by atoms with Gasteiger partial charge in [0.15, 0.2) is 0 Å². The molecule has 0 radical (unpaired) electrons. The molecule has 0 bridgehead atoms. The number of halogens is 3. The number of aromatic nitrogens is 1. The van der Waals surface area contributed by atoms with E-state index in [1.807, 2.05) is 32.6 Å². The zero-order chi connectivity index (χ0) is 31.0.